The highest BCUT2D eigenvalue weighted by Crippen LogP contribution is 2.23. The Labute approximate surface area is 101 Å². The highest BCUT2D eigenvalue weighted by Gasteiger charge is 2.09. The Balaban J connectivity index is 2.05. The van der Waals surface area contributed by atoms with Crippen molar-refractivity contribution in [1.82, 2.24) is 0 Å². The summed E-state index contributed by atoms with van der Waals surface area (Å²) in [7, 11) is 1.62. The average Bonchev–Trinajstić information content (AvgIpc) is 2.40. The molecule has 0 radical (unpaired) electrons. The smallest absolute Gasteiger partial charge is 0.129 e. The Morgan fingerprint density at radius 2 is 1.65 bits per heavy atom. The Kier molecular flexibility index (Phi) is 3.76. The van der Waals surface area contributed by atoms with Gasteiger partial charge in [-0.05, 0) is 23.3 Å². The third-order valence-corrected chi connectivity index (χ3v) is 2.74. The molecule has 0 heterocycles. The second kappa shape index (κ2) is 5.48. The van der Waals surface area contributed by atoms with E-state index in [1.807, 2.05) is 54.6 Å². The molecule has 0 amide bonds. The minimum absolute atomic E-state index is 0.397. The van der Waals surface area contributed by atoms with Crippen LogP contribution in [0.1, 0.15) is 17.3 Å². The molecule has 2 aromatic rings. The molecule has 0 aliphatic rings. The van der Waals surface area contributed by atoms with Gasteiger partial charge in [-0.25, -0.2) is 4.39 Å². The zero-order valence-corrected chi connectivity index (χ0v) is 9.77. The maximum atomic E-state index is 14.0. The number of ether oxygens (including phenoxy) is 1. The highest BCUT2D eigenvalue weighted by atomic mass is 19.1. The van der Waals surface area contributed by atoms with Crippen molar-refractivity contribution >= 4 is 0 Å². The summed E-state index contributed by atoms with van der Waals surface area (Å²) in [6, 6.07) is 16.7. The van der Waals surface area contributed by atoms with Crippen molar-refractivity contribution in [3.8, 4) is 5.75 Å². The van der Waals surface area contributed by atoms with Gasteiger partial charge in [0.2, 0.25) is 0 Å². The largest absolute Gasteiger partial charge is 0.497 e. The molecule has 0 fully saturated rings. The third-order valence-electron chi connectivity index (χ3n) is 2.74. The summed E-state index contributed by atoms with van der Waals surface area (Å²) in [6.45, 7) is 0. The van der Waals surface area contributed by atoms with Crippen molar-refractivity contribution in [2.24, 2.45) is 0 Å². The summed E-state index contributed by atoms with van der Waals surface area (Å²) in [5.41, 5.74) is 1.70. The molecule has 1 nitrogen and oxygen atoms in total. The van der Waals surface area contributed by atoms with E-state index in [0.29, 0.717) is 6.42 Å². The van der Waals surface area contributed by atoms with Gasteiger partial charge in [-0.2, -0.15) is 0 Å². The molecule has 0 spiro atoms. The minimum atomic E-state index is -0.954. The molecule has 0 aromatic heterocycles. The maximum Gasteiger partial charge on any atom is 0.129 e. The van der Waals surface area contributed by atoms with Crippen molar-refractivity contribution in [2.75, 3.05) is 7.11 Å². The van der Waals surface area contributed by atoms with Crippen LogP contribution in [0, 0.1) is 0 Å². The van der Waals surface area contributed by atoms with Crippen LogP contribution in [0.5, 0.6) is 5.75 Å². The molecular weight excluding hydrogens is 215 g/mol. The van der Waals surface area contributed by atoms with Crippen molar-refractivity contribution in [2.45, 2.75) is 12.6 Å². The summed E-state index contributed by atoms with van der Waals surface area (Å²) in [6.07, 6.45) is -0.557. The molecule has 2 heteroatoms. The number of hydrogen-bond acceptors (Lipinski definition) is 1. The van der Waals surface area contributed by atoms with Gasteiger partial charge >= 0.3 is 0 Å². The number of halogens is 1. The number of hydrogen-bond donors (Lipinski definition) is 0. The summed E-state index contributed by atoms with van der Waals surface area (Å²) in [5.74, 6) is 0.795. The highest BCUT2D eigenvalue weighted by molar-refractivity contribution is 5.29. The number of methoxy groups -OCH3 is 1. The Hall–Kier alpha value is -1.83. The Morgan fingerprint density at radius 1 is 1.00 bits per heavy atom. The van der Waals surface area contributed by atoms with E-state index >= 15 is 0 Å². The van der Waals surface area contributed by atoms with E-state index in [1.165, 1.54) is 0 Å². The van der Waals surface area contributed by atoms with Crippen LogP contribution in [0.2, 0.25) is 0 Å². The van der Waals surface area contributed by atoms with Gasteiger partial charge in [0.15, 0.2) is 0 Å². The predicted octanol–water partition coefficient (Wildman–Crippen LogP) is 3.95. The van der Waals surface area contributed by atoms with Gasteiger partial charge in [0.05, 0.1) is 7.11 Å². The fourth-order valence-corrected chi connectivity index (χ4v) is 1.75. The van der Waals surface area contributed by atoms with Crippen LogP contribution in [0.25, 0.3) is 0 Å². The summed E-state index contributed by atoms with van der Waals surface area (Å²) in [4.78, 5) is 0. The maximum absolute atomic E-state index is 14.0. The lowest BCUT2D eigenvalue weighted by Crippen LogP contribution is -1.96. The Bertz CT molecular complexity index is 450. The van der Waals surface area contributed by atoms with E-state index < -0.39 is 6.17 Å². The van der Waals surface area contributed by atoms with E-state index in [9.17, 15) is 4.39 Å². The zero-order chi connectivity index (χ0) is 12.1. The molecule has 1 atom stereocenters. The normalized spacial score (nSPS) is 12.1. The van der Waals surface area contributed by atoms with Crippen LogP contribution in [-0.2, 0) is 6.42 Å². The van der Waals surface area contributed by atoms with Crippen LogP contribution in [0.3, 0.4) is 0 Å². The topological polar surface area (TPSA) is 9.23 Å². The lowest BCUT2D eigenvalue weighted by atomic mass is 10.0. The molecule has 0 saturated heterocycles. The van der Waals surface area contributed by atoms with Gasteiger partial charge in [-0.1, -0.05) is 42.5 Å². The van der Waals surface area contributed by atoms with Crippen LogP contribution >= 0.6 is 0 Å². The van der Waals surface area contributed by atoms with E-state index in [4.69, 9.17) is 4.74 Å². The summed E-state index contributed by atoms with van der Waals surface area (Å²) >= 11 is 0. The fraction of sp³-hybridized carbons (Fsp3) is 0.200. The van der Waals surface area contributed by atoms with Gasteiger partial charge in [-0.3, -0.25) is 0 Å². The zero-order valence-electron chi connectivity index (χ0n) is 9.77. The summed E-state index contributed by atoms with van der Waals surface area (Å²) in [5, 5.41) is 0. The van der Waals surface area contributed by atoms with Gasteiger partial charge in [0.25, 0.3) is 0 Å². The van der Waals surface area contributed by atoms with E-state index in [1.54, 1.807) is 7.11 Å². The standard InChI is InChI=1S/C15H15FO/c1-17-14-9-7-12(8-10-14)11-15(16)13-5-3-2-4-6-13/h2-10,15H,11H2,1H3/t15-/m0/s1. The van der Waals surface area contributed by atoms with E-state index in [2.05, 4.69) is 0 Å². The molecule has 0 aliphatic heterocycles. The molecular formula is C15H15FO. The van der Waals surface area contributed by atoms with E-state index in [0.717, 1.165) is 16.9 Å². The van der Waals surface area contributed by atoms with Crippen LogP contribution in [-0.4, -0.2) is 7.11 Å². The first-order valence-corrected chi connectivity index (χ1v) is 5.61. The van der Waals surface area contributed by atoms with Gasteiger partial charge < -0.3 is 4.74 Å². The molecule has 2 aromatic carbocycles. The van der Waals surface area contributed by atoms with Crippen molar-refractivity contribution in [1.29, 1.82) is 0 Å². The SMILES string of the molecule is COc1ccc(C[C@H](F)c2ccccc2)cc1. The van der Waals surface area contributed by atoms with Gasteiger partial charge in [0, 0.05) is 6.42 Å². The third kappa shape index (κ3) is 3.06. The molecule has 0 aliphatic carbocycles. The number of benzene rings is 2. The fourth-order valence-electron chi connectivity index (χ4n) is 1.75. The first-order chi connectivity index (χ1) is 8.29. The number of rotatable bonds is 4. The van der Waals surface area contributed by atoms with Crippen LogP contribution in [0.4, 0.5) is 4.39 Å². The van der Waals surface area contributed by atoms with Crippen LogP contribution < -0.4 is 4.74 Å². The monoisotopic (exact) mass is 230 g/mol. The average molecular weight is 230 g/mol. The lowest BCUT2D eigenvalue weighted by Gasteiger charge is -2.09. The van der Waals surface area contributed by atoms with Crippen molar-refractivity contribution in [3.63, 3.8) is 0 Å². The van der Waals surface area contributed by atoms with Crippen LogP contribution in [0.15, 0.2) is 54.6 Å². The molecule has 0 N–H and O–H groups in total. The molecule has 88 valence electrons. The van der Waals surface area contributed by atoms with Crippen molar-refractivity contribution < 1.29 is 9.13 Å². The van der Waals surface area contributed by atoms with Gasteiger partial charge in [-0.15, -0.1) is 0 Å². The Morgan fingerprint density at radius 3 is 2.24 bits per heavy atom. The number of alkyl halides is 1. The quantitative estimate of drug-likeness (QED) is 0.772. The first kappa shape index (κ1) is 11.6. The lowest BCUT2D eigenvalue weighted by molar-refractivity contribution is 0.342. The molecule has 0 unspecified atom stereocenters. The molecule has 0 bridgehead atoms. The second-order valence-corrected chi connectivity index (χ2v) is 3.93. The molecule has 2 rings (SSSR count). The first-order valence-electron chi connectivity index (χ1n) is 5.61. The second-order valence-electron chi connectivity index (χ2n) is 3.93. The molecule has 17 heavy (non-hydrogen) atoms. The van der Waals surface area contributed by atoms with Crippen molar-refractivity contribution in [3.05, 3.63) is 65.7 Å². The predicted molar refractivity (Wildman–Crippen MR) is 67.0 cm³/mol. The summed E-state index contributed by atoms with van der Waals surface area (Å²) < 4.78 is 19.0. The van der Waals surface area contributed by atoms with E-state index in [-0.39, 0.29) is 0 Å². The minimum Gasteiger partial charge on any atom is -0.497 e. The van der Waals surface area contributed by atoms with Gasteiger partial charge in [0.1, 0.15) is 11.9 Å². The molecule has 0 saturated carbocycles.